The van der Waals surface area contributed by atoms with E-state index in [-0.39, 0.29) is 32.5 Å². The highest BCUT2D eigenvalue weighted by Gasteiger charge is 2.36. The summed E-state index contributed by atoms with van der Waals surface area (Å²) in [5.74, 6) is -8.72. The summed E-state index contributed by atoms with van der Waals surface area (Å²) in [4.78, 5) is 11.7. The summed E-state index contributed by atoms with van der Waals surface area (Å²) in [6.45, 7) is 32.2. The van der Waals surface area contributed by atoms with Crippen LogP contribution in [-0.4, -0.2) is 495 Å². The number of esters is 1. The quantitative estimate of drug-likeness (QED) is 0.0120. The highest BCUT2D eigenvalue weighted by molar-refractivity contribution is 5.72. The lowest BCUT2D eigenvalue weighted by molar-refractivity contribution is -0.136. The molecule has 0 heterocycles. The fourth-order valence-electron chi connectivity index (χ4n) is 12.1. The third-order valence-electron chi connectivity index (χ3n) is 19.3. The maximum atomic E-state index is 13.6. The number of methoxy groups -OCH3 is 1. The van der Waals surface area contributed by atoms with Gasteiger partial charge in [0.05, 0.1) is 495 Å². The van der Waals surface area contributed by atoms with Crippen molar-refractivity contribution in [3.8, 4) is 11.5 Å². The second kappa shape index (κ2) is 104. The van der Waals surface area contributed by atoms with Crippen LogP contribution in [0.4, 0.5) is 17.6 Å². The fourth-order valence-corrected chi connectivity index (χ4v) is 12.1. The molecule has 40 nitrogen and oxygen atoms in total. The molecule has 1 N–H and O–H groups in total. The first-order valence-electron chi connectivity index (χ1n) is 50.2. The van der Waals surface area contributed by atoms with E-state index in [1.54, 1.807) is 7.11 Å². The van der Waals surface area contributed by atoms with Crippen LogP contribution in [0.3, 0.4) is 0 Å². The van der Waals surface area contributed by atoms with Crippen molar-refractivity contribution in [2.75, 3.05) is 489 Å². The van der Waals surface area contributed by atoms with Crippen molar-refractivity contribution >= 4 is 5.97 Å². The van der Waals surface area contributed by atoms with Crippen molar-refractivity contribution in [1.82, 2.24) is 5.32 Å². The Bertz CT molecular complexity index is 3260. The van der Waals surface area contributed by atoms with Gasteiger partial charge in [0.15, 0.2) is 11.6 Å². The summed E-state index contributed by atoms with van der Waals surface area (Å²) in [6.07, 6.45) is -0.405. The van der Waals surface area contributed by atoms with Crippen LogP contribution in [0.5, 0.6) is 11.5 Å². The largest absolute Gasteiger partial charge is 0.497 e. The Morgan fingerprint density at radius 1 is 0.207 bits per heavy atom. The number of rotatable bonds is 117. The Morgan fingerprint density at radius 2 is 0.359 bits per heavy atom. The van der Waals surface area contributed by atoms with Gasteiger partial charge in [-0.3, -0.25) is 10.1 Å². The Hall–Kier alpha value is -5.61. The van der Waals surface area contributed by atoms with Gasteiger partial charge in [-0.15, -0.1) is 0 Å². The van der Waals surface area contributed by atoms with E-state index in [1.165, 1.54) is 0 Å². The van der Waals surface area contributed by atoms with Gasteiger partial charge >= 0.3 is 5.97 Å². The zero-order valence-corrected chi connectivity index (χ0v) is 85.4. The van der Waals surface area contributed by atoms with Crippen molar-refractivity contribution < 1.29 is 202 Å². The molecule has 0 unspecified atom stereocenters. The summed E-state index contributed by atoms with van der Waals surface area (Å²) in [6, 6.07) is 29.2. The van der Waals surface area contributed by atoms with E-state index in [9.17, 15) is 22.4 Å². The molecule has 0 radical (unpaired) electrons. The number of carbonyl (C=O) groups is 1. The van der Waals surface area contributed by atoms with Crippen LogP contribution in [-0.2, 0) is 181 Å². The first-order valence-corrected chi connectivity index (χ1v) is 50.2. The van der Waals surface area contributed by atoms with Gasteiger partial charge in [0.25, 0.3) is 0 Å². The van der Waals surface area contributed by atoms with Crippen molar-refractivity contribution in [3.05, 3.63) is 131 Å². The third-order valence-corrected chi connectivity index (χ3v) is 19.3. The van der Waals surface area contributed by atoms with Gasteiger partial charge in [0.2, 0.25) is 17.4 Å². The lowest BCUT2D eigenvalue weighted by Crippen LogP contribution is -2.46. The van der Waals surface area contributed by atoms with Crippen molar-refractivity contribution in [2.24, 2.45) is 0 Å². The standard InChI is InChI=1S/C101H167F4NO39/c1-108-94-14-12-93(13-15-94)101(91-8-4-2-5-9-91,92-10-6-3-7-11-92)106-17-19-110-21-23-112-25-27-114-29-31-116-33-35-118-37-39-120-41-43-122-45-47-124-49-51-126-53-55-128-57-59-130-61-63-132-65-67-134-69-71-136-73-75-138-77-79-140-81-83-142-85-87-144-89-88-143-86-84-141-82-80-139-78-76-137-74-72-135-70-68-133-66-64-131-62-60-129-58-56-127-54-52-125-50-48-123-46-44-121-42-40-119-38-36-117-34-32-115-30-28-113-26-24-111-22-20-109-18-16-97(107)145-100-98(104)95(102)90-96(103)99(100)105/h2-15,90,106H,16-89H2,1H3. The Labute approximate surface area is 853 Å². The predicted octanol–water partition coefficient (Wildman–Crippen LogP) is 6.73. The molecule has 0 aliphatic rings. The maximum Gasteiger partial charge on any atom is 0.313 e. The summed E-state index contributed by atoms with van der Waals surface area (Å²) < 4.78 is 263. The van der Waals surface area contributed by atoms with Gasteiger partial charge in [-0.1, -0.05) is 72.8 Å². The average Bonchev–Trinajstić information content (AvgIpc) is 0.754. The topological polar surface area (TPSA) is 380 Å². The molecule has 0 aliphatic heterocycles. The van der Waals surface area contributed by atoms with E-state index in [2.05, 4.69) is 70.7 Å². The molecule has 0 aliphatic carbocycles. The molecule has 838 valence electrons. The van der Waals surface area contributed by atoms with Gasteiger partial charge < -0.3 is 180 Å². The fraction of sp³-hybridized carbons (Fsp3) is 0.752. The normalized spacial score (nSPS) is 11.8. The number of nitrogens with one attached hydrogen (secondary N) is 1. The number of halogens is 4. The number of hydrogen-bond acceptors (Lipinski definition) is 40. The van der Waals surface area contributed by atoms with Crippen LogP contribution in [0.25, 0.3) is 0 Å². The zero-order chi connectivity index (χ0) is 103. The van der Waals surface area contributed by atoms with E-state index in [0.717, 1.165) is 22.4 Å². The molecule has 0 amide bonds. The second-order valence-electron chi connectivity index (χ2n) is 30.2. The van der Waals surface area contributed by atoms with Crippen LogP contribution in [0.2, 0.25) is 0 Å². The lowest BCUT2D eigenvalue weighted by atomic mass is 9.77. The Balaban J connectivity index is 0.683. The molecule has 4 aromatic rings. The SMILES string of the molecule is COc1ccc(C(NCCOCCOCCOCCOCCOCCOCCOCCOCCOCCOCCOCCOCCOCCOCCOCCOCCOCCOCCOCCOCCOCCOCCOCCOCCOCCOCCOCCOCCOCCOCCOCCOCCOCCOCCOCCOCCC(=O)Oc2c(F)c(F)cc(F)c2F)(c2ccccc2)c2ccccc2)cc1. The highest BCUT2D eigenvalue weighted by Crippen LogP contribution is 2.38. The average molecular weight is 2100 g/mol. The number of benzene rings is 4. The summed E-state index contributed by atoms with van der Waals surface area (Å²) in [5, 5.41) is 3.83. The van der Waals surface area contributed by atoms with Crippen molar-refractivity contribution in [3.63, 3.8) is 0 Å². The Kier molecular flexibility index (Phi) is 94.6. The van der Waals surface area contributed by atoms with Crippen LogP contribution in [0.15, 0.2) is 91.0 Å². The van der Waals surface area contributed by atoms with Crippen LogP contribution in [0.1, 0.15) is 23.1 Å². The molecule has 0 saturated heterocycles. The maximum absolute atomic E-state index is 13.6. The van der Waals surface area contributed by atoms with Gasteiger partial charge in [-0.2, -0.15) is 8.78 Å². The summed E-state index contributed by atoms with van der Waals surface area (Å²) >= 11 is 0. The third kappa shape index (κ3) is 80.0. The molecular formula is C101H167F4NO39. The number of ether oxygens (including phenoxy) is 38. The molecule has 145 heavy (non-hydrogen) atoms. The molecule has 0 bridgehead atoms. The molecule has 44 heteroatoms. The van der Waals surface area contributed by atoms with Gasteiger partial charge in [-0.05, 0) is 28.8 Å². The number of hydrogen-bond donors (Lipinski definition) is 1. The van der Waals surface area contributed by atoms with Gasteiger partial charge in [0, 0.05) is 12.6 Å². The predicted molar refractivity (Wildman–Crippen MR) is 520 cm³/mol. The molecule has 0 fully saturated rings. The molecule has 0 saturated carbocycles. The van der Waals surface area contributed by atoms with E-state index in [4.69, 9.17) is 175 Å². The first-order chi connectivity index (χ1) is 71.9. The Morgan fingerprint density at radius 3 is 0.524 bits per heavy atom. The lowest BCUT2D eigenvalue weighted by Gasteiger charge is -2.37. The molecule has 0 spiro atoms. The molecule has 4 aromatic carbocycles. The zero-order valence-electron chi connectivity index (χ0n) is 85.4. The molecule has 4 rings (SSSR count). The van der Waals surface area contributed by atoms with Crippen LogP contribution >= 0.6 is 0 Å². The molecule has 0 aromatic heterocycles. The van der Waals surface area contributed by atoms with Gasteiger partial charge in [0.1, 0.15) is 5.75 Å². The van der Waals surface area contributed by atoms with Crippen LogP contribution < -0.4 is 14.8 Å². The smallest absolute Gasteiger partial charge is 0.313 e. The minimum absolute atomic E-state index is 0.0160. The minimum Gasteiger partial charge on any atom is -0.497 e. The molecule has 0 atom stereocenters. The van der Waals surface area contributed by atoms with E-state index in [0.29, 0.717) is 456 Å². The first kappa shape index (κ1) is 132. The van der Waals surface area contributed by atoms with Crippen molar-refractivity contribution in [2.45, 2.75) is 12.0 Å². The summed E-state index contributed by atoms with van der Waals surface area (Å²) in [5.41, 5.74) is 2.79. The van der Waals surface area contributed by atoms with Crippen molar-refractivity contribution in [1.29, 1.82) is 0 Å². The monoisotopic (exact) mass is 2090 g/mol. The van der Waals surface area contributed by atoms with Gasteiger partial charge in [-0.25, -0.2) is 8.78 Å². The van der Waals surface area contributed by atoms with E-state index >= 15 is 0 Å². The number of carbonyl (C=O) groups excluding carboxylic acids is 1. The van der Waals surface area contributed by atoms with Crippen LogP contribution in [0, 0.1) is 23.3 Å². The minimum atomic E-state index is -1.80. The van der Waals surface area contributed by atoms with E-state index in [1.807, 2.05) is 24.3 Å². The molecular weight excluding hydrogens is 1930 g/mol. The van der Waals surface area contributed by atoms with E-state index < -0.39 is 46.9 Å². The highest BCUT2D eigenvalue weighted by atomic mass is 19.2. The second-order valence-corrected chi connectivity index (χ2v) is 30.2. The summed E-state index contributed by atoms with van der Waals surface area (Å²) in [7, 11) is 1.68.